The van der Waals surface area contributed by atoms with Gasteiger partial charge in [0.15, 0.2) is 0 Å². The van der Waals surface area contributed by atoms with Crippen LogP contribution in [0.15, 0.2) is 79.0 Å². The Bertz CT molecular complexity index is 1820. The molecule has 3 heterocycles. The maximum Gasteiger partial charge on any atom is 0.286 e. The van der Waals surface area contributed by atoms with Crippen LogP contribution in [0.3, 0.4) is 0 Å². The molecule has 3 aromatic carbocycles. The molecule has 1 aliphatic rings. The number of H-pyrrole nitrogens is 1. The molecule has 0 fully saturated rings. The molecule has 41 heavy (non-hydrogen) atoms. The zero-order valence-electron chi connectivity index (χ0n) is 22.9. The number of carbonyl (C=O) groups excluding carboxylic acids is 3. The number of hydrazine groups is 1. The Morgan fingerprint density at radius 3 is 2.54 bits per heavy atom. The molecule has 0 saturated carbocycles. The van der Waals surface area contributed by atoms with Crippen LogP contribution in [0, 0.1) is 5.92 Å². The van der Waals surface area contributed by atoms with Crippen molar-refractivity contribution in [3.63, 3.8) is 0 Å². The molecule has 2 aromatic heterocycles. The number of nitrogens with zero attached hydrogens (tertiary/aromatic N) is 2. The fraction of sp³-hybridized carbons (Fsp3) is 0.219. The van der Waals surface area contributed by atoms with Crippen LogP contribution >= 0.6 is 11.6 Å². The Labute approximate surface area is 242 Å². The van der Waals surface area contributed by atoms with Crippen LogP contribution in [0.25, 0.3) is 21.8 Å². The maximum absolute atomic E-state index is 14.0. The molecular weight excluding hydrogens is 538 g/mol. The predicted octanol–water partition coefficient (Wildman–Crippen LogP) is 5.73. The summed E-state index contributed by atoms with van der Waals surface area (Å²) in [4.78, 5) is 45.5. The lowest BCUT2D eigenvalue weighted by Crippen LogP contribution is -2.53. The molecule has 3 N–H and O–H groups in total. The lowest BCUT2D eigenvalue weighted by Gasteiger charge is -2.33. The van der Waals surface area contributed by atoms with Gasteiger partial charge in [-0.3, -0.25) is 25.2 Å². The van der Waals surface area contributed by atoms with E-state index in [1.165, 1.54) is 0 Å². The van der Waals surface area contributed by atoms with E-state index in [9.17, 15) is 14.4 Å². The number of hydrogen-bond donors (Lipinski definition) is 3. The molecule has 0 bridgehead atoms. The highest BCUT2D eigenvalue weighted by molar-refractivity contribution is 6.31. The first-order valence-electron chi connectivity index (χ1n) is 13.6. The van der Waals surface area contributed by atoms with Gasteiger partial charge >= 0.3 is 0 Å². The highest BCUT2D eigenvalue weighted by atomic mass is 35.5. The van der Waals surface area contributed by atoms with E-state index in [4.69, 9.17) is 11.6 Å². The number of nitrogens with one attached hydrogen (secondary N) is 3. The molecule has 3 amide bonds. The predicted molar refractivity (Wildman–Crippen MR) is 160 cm³/mol. The minimum Gasteiger partial charge on any atom is -0.350 e. The summed E-state index contributed by atoms with van der Waals surface area (Å²) in [5, 5.41) is 2.36. The summed E-state index contributed by atoms with van der Waals surface area (Å²) in [7, 11) is 1.98. The Balaban J connectivity index is 1.33. The van der Waals surface area contributed by atoms with Crippen molar-refractivity contribution in [2.24, 2.45) is 13.0 Å². The van der Waals surface area contributed by atoms with Crippen molar-refractivity contribution >= 4 is 51.1 Å². The molecule has 9 heteroatoms. The largest absolute Gasteiger partial charge is 0.350 e. The second kappa shape index (κ2) is 10.4. The van der Waals surface area contributed by atoms with Gasteiger partial charge < -0.3 is 14.5 Å². The third-order valence-corrected chi connectivity index (χ3v) is 7.92. The Hall–Kier alpha value is -4.56. The van der Waals surface area contributed by atoms with Crippen LogP contribution in [0.4, 0.5) is 0 Å². The molecule has 0 spiro atoms. The molecule has 6 rings (SSSR count). The minimum absolute atomic E-state index is 0.101. The number of benzene rings is 3. The minimum atomic E-state index is -0.833. The van der Waals surface area contributed by atoms with Crippen LogP contribution in [0.2, 0.25) is 5.02 Å². The first-order valence-corrected chi connectivity index (χ1v) is 13.9. The zero-order chi connectivity index (χ0) is 28.8. The third kappa shape index (κ3) is 4.74. The average Bonchev–Trinajstić information content (AvgIpc) is 3.62. The van der Waals surface area contributed by atoms with E-state index in [1.54, 1.807) is 29.2 Å². The van der Waals surface area contributed by atoms with Gasteiger partial charge in [-0.25, -0.2) is 0 Å². The number of para-hydroxylation sites is 1. The summed E-state index contributed by atoms with van der Waals surface area (Å²) in [5.74, 6) is -1.07. The third-order valence-electron chi connectivity index (χ3n) is 7.68. The van der Waals surface area contributed by atoms with Gasteiger partial charge in [-0.15, -0.1) is 0 Å². The summed E-state index contributed by atoms with van der Waals surface area (Å²) in [6.07, 6.45) is 2.44. The van der Waals surface area contributed by atoms with Crippen molar-refractivity contribution in [3.8, 4) is 0 Å². The van der Waals surface area contributed by atoms with Crippen LogP contribution in [-0.4, -0.2) is 38.2 Å². The summed E-state index contributed by atoms with van der Waals surface area (Å²) in [5.41, 5.74) is 9.58. The van der Waals surface area contributed by atoms with Gasteiger partial charge in [-0.05, 0) is 54.3 Å². The summed E-state index contributed by atoms with van der Waals surface area (Å²) in [6.45, 7) is 4.02. The molecule has 5 aromatic rings. The fourth-order valence-corrected chi connectivity index (χ4v) is 6.03. The highest BCUT2D eigenvalue weighted by Gasteiger charge is 2.45. The van der Waals surface area contributed by atoms with Crippen molar-refractivity contribution in [1.82, 2.24) is 25.3 Å². The Kier molecular flexibility index (Phi) is 6.79. The second-order valence-corrected chi connectivity index (χ2v) is 11.4. The lowest BCUT2D eigenvalue weighted by molar-refractivity contribution is -0.127. The summed E-state index contributed by atoms with van der Waals surface area (Å²) in [6, 6.07) is 21.2. The van der Waals surface area contributed by atoms with Gasteiger partial charge in [-0.1, -0.05) is 61.8 Å². The van der Waals surface area contributed by atoms with Gasteiger partial charge in [0.25, 0.3) is 17.7 Å². The lowest BCUT2D eigenvalue weighted by atomic mass is 9.95. The van der Waals surface area contributed by atoms with E-state index >= 15 is 0 Å². The fourth-order valence-electron chi connectivity index (χ4n) is 5.85. The van der Waals surface area contributed by atoms with E-state index in [0.29, 0.717) is 17.0 Å². The number of hydrogen-bond acceptors (Lipinski definition) is 3. The number of halogens is 1. The average molecular weight is 568 g/mol. The molecule has 0 saturated heterocycles. The standard InChI is InChI=1S/C32H30ClN5O3/c1-18(2)14-28(31(40)36-35-30(39)26-16-19-15-20(33)12-13-25(19)34-26)38-29(22-9-4-5-10-23(22)32(38)41)24-17-37(3)27-11-7-6-8-21(24)27/h4-13,15-18,28-29,34H,14H2,1-3H3,(H,35,39)(H,36,40). The van der Waals surface area contributed by atoms with E-state index in [2.05, 4.69) is 15.8 Å². The molecule has 208 valence electrons. The maximum atomic E-state index is 14.0. The zero-order valence-corrected chi connectivity index (χ0v) is 23.7. The highest BCUT2D eigenvalue weighted by Crippen LogP contribution is 2.43. The number of aromatic amines is 1. The van der Waals surface area contributed by atoms with Crippen molar-refractivity contribution in [1.29, 1.82) is 0 Å². The van der Waals surface area contributed by atoms with Crippen LogP contribution in [-0.2, 0) is 11.8 Å². The van der Waals surface area contributed by atoms with Crippen LogP contribution in [0.5, 0.6) is 0 Å². The Morgan fingerprint density at radius 2 is 1.73 bits per heavy atom. The quantitative estimate of drug-likeness (QED) is 0.228. The molecule has 1 aliphatic heterocycles. The summed E-state index contributed by atoms with van der Waals surface area (Å²) >= 11 is 6.08. The first-order chi connectivity index (χ1) is 19.7. The SMILES string of the molecule is CC(C)CC(C(=O)NNC(=O)c1cc2cc(Cl)ccc2[nH]1)N1C(=O)c2ccccc2C1c1cn(C)c2ccccc12. The summed E-state index contributed by atoms with van der Waals surface area (Å²) < 4.78 is 2.04. The molecule has 8 nitrogen and oxygen atoms in total. The second-order valence-electron chi connectivity index (χ2n) is 10.9. The molecule has 2 unspecified atom stereocenters. The number of fused-ring (bicyclic) bond motifs is 3. The monoisotopic (exact) mass is 567 g/mol. The van der Waals surface area contributed by atoms with Gasteiger partial charge in [0.1, 0.15) is 11.7 Å². The topological polar surface area (TPSA) is 99.2 Å². The van der Waals surface area contributed by atoms with E-state index < -0.39 is 23.9 Å². The number of carbonyl (C=O) groups is 3. The van der Waals surface area contributed by atoms with Crippen molar-refractivity contribution in [3.05, 3.63) is 106 Å². The number of amides is 3. The van der Waals surface area contributed by atoms with Crippen molar-refractivity contribution in [2.75, 3.05) is 0 Å². The van der Waals surface area contributed by atoms with E-state index in [-0.39, 0.29) is 17.5 Å². The smallest absolute Gasteiger partial charge is 0.286 e. The first kappa shape index (κ1) is 26.7. The van der Waals surface area contributed by atoms with E-state index in [1.807, 2.05) is 80.2 Å². The van der Waals surface area contributed by atoms with Gasteiger partial charge in [0.2, 0.25) is 0 Å². The molecule has 0 radical (unpaired) electrons. The number of aryl methyl sites for hydroxylation is 1. The van der Waals surface area contributed by atoms with Crippen molar-refractivity contribution < 1.29 is 14.4 Å². The Morgan fingerprint density at radius 1 is 0.976 bits per heavy atom. The van der Waals surface area contributed by atoms with Gasteiger partial charge in [0.05, 0.1) is 6.04 Å². The normalized spacial score (nSPS) is 15.5. The van der Waals surface area contributed by atoms with Gasteiger partial charge in [0, 0.05) is 51.2 Å². The number of aromatic nitrogens is 2. The van der Waals surface area contributed by atoms with Crippen molar-refractivity contribution in [2.45, 2.75) is 32.4 Å². The van der Waals surface area contributed by atoms with Gasteiger partial charge in [-0.2, -0.15) is 0 Å². The van der Waals surface area contributed by atoms with E-state index in [0.717, 1.165) is 32.9 Å². The number of rotatable bonds is 6. The molecular formula is C32H30ClN5O3. The molecule has 0 aliphatic carbocycles. The van der Waals surface area contributed by atoms with Crippen LogP contribution in [0.1, 0.15) is 58.3 Å². The molecule has 2 atom stereocenters. The van der Waals surface area contributed by atoms with Crippen LogP contribution < -0.4 is 10.9 Å².